The fourth-order valence-electron chi connectivity index (χ4n) is 1.94. The molecule has 0 fully saturated rings. The van der Waals surface area contributed by atoms with Crippen molar-refractivity contribution in [1.82, 2.24) is 5.32 Å². The molecule has 0 aliphatic rings. The van der Waals surface area contributed by atoms with Gasteiger partial charge in [0.1, 0.15) is 5.82 Å². The van der Waals surface area contributed by atoms with E-state index < -0.39 is 11.7 Å². The zero-order valence-corrected chi connectivity index (χ0v) is 12.4. The average molecular weight is 307 g/mol. The largest absolute Gasteiger partial charge is 0.322 e. The highest BCUT2D eigenvalue weighted by Gasteiger charge is 2.15. The summed E-state index contributed by atoms with van der Waals surface area (Å²) in [6.45, 7) is 3.59. The Hall–Kier alpha value is -1.91. The number of anilines is 1. The zero-order chi connectivity index (χ0) is 15.2. The van der Waals surface area contributed by atoms with E-state index in [1.807, 2.05) is 25.1 Å². The Morgan fingerprint density at radius 2 is 2.00 bits per heavy atom. The fourth-order valence-corrected chi connectivity index (χ4v) is 2.19. The third kappa shape index (κ3) is 4.03. The second-order valence-corrected chi connectivity index (χ2v) is 4.94. The topological polar surface area (TPSA) is 41.1 Å². The molecule has 0 saturated carbocycles. The van der Waals surface area contributed by atoms with E-state index in [9.17, 15) is 9.18 Å². The van der Waals surface area contributed by atoms with Crippen molar-refractivity contribution in [1.29, 1.82) is 0 Å². The van der Waals surface area contributed by atoms with Crippen molar-refractivity contribution in [2.24, 2.45) is 0 Å². The Morgan fingerprint density at radius 1 is 1.24 bits per heavy atom. The lowest BCUT2D eigenvalue weighted by Crippen LogP contribution is -2.15. The molecule has 2 rings (SSSR count). The third-order valence-corrected chi connectivity index (χ3v) is 3.27. The number of hydrogen-bond acceptors (Lipinski definition) is 2. The van der Waals surface area contributed by atoms with Gasteiger partial charge in [0.2, 0.25) is 0 Å². The van der Waals surface area contributed by atoms with Crippen molar-refractivity contribution in [2.45, 2.75) is 13.5 Å². The van der Waals surface area contributed by atoms with Gasteiger partial charge in [0.25, 0.3) is 5.91 Å². The van der Waals surface area contributed by atoms with Crippen molar-refractivity contribution in [3.05, 3.63) is 64.4 Å². The lowest BCUT2D eigenvalue weighted by Gasteiger charge is -2.09. The predicted molar refractivity (Wildman–Crippen MR) is 83.2 cm³/mol. The van der Waals surface area contributed by atoms with Gasteiger partial charge in [-0.1, -0.05) is 36.7 Å². The van der Waals surface area contributed by atoms with Crippen molar-refractivity contribution >= 4 is 23.2 Å². The normalized spacial score (nSPS) is 10.4. The molecule has 3 nitrogen and oxygen atoms in total. The molecule has 0 aliphatic heterocycles. The number of amides is 1. The van der Waals surface area contributed by atoms with Crippen LogP contribution in [0.1, 0.15) is 22.8 Å². The number of nitrogens with one attached hydrogen (secondary N) is 2. The Morgan fingerprint density at radius 3 is 2.71 bits per heavy atom. The molecule has 0 spiro atoms. The first kappa shape index (κ1) is 15.5. The van der Waals surface area contributed by atoms with Crippen molar-refractivity contribution < 1.29 is 9.18 Å². The Labute approximate surface area is 128 Å². The molecule has 0 radical (unpaired) electrons. The summed E-state index contributed by atoms with van der Waals surface area (Å²) in [5.41, 5.74) is 1.50. The molecule has 110 valence electrons. The van der Waals surface area contributed by atoms with E-state index >= 15 is 0 Å². The summed E-state index contributed by atoms with van der Waals surface area (Å²) in [7, 11) is 0. The minimum atomic E-state index is -0.635. The Balaban J connectivity index is 2.16. The monoisotopic (exact) mass is 306 g/mol. The maximum atomic E-state index is 13.7. The van der Waals surface area contributed by atoms with Crippen LogP contribution in [-0.2, 0) is 6.54 Å². The predicted octanol–water partition coefficient (Wildman–Crippen LogP) is 3.84. The smallest absolute Gasteiger partial charge is 0.260 e. The van der Waals surface area contributed by atoms with Crippen molar-refractivity contribution in [2.75, 3.05) is 11.9 Å². The van der Waals surface area contributed by atoms with Gasteiger partial charge in [-0.05, 0) is 36.4 Å². The van der Waals surface area contributed by atoms with Crippen LogP contribution in [0.3, 0.4) is 0 Å². The lowest BCUT2D eigenvalue weighted by molar-refractivity contribution is 0.102. The summed E-state index contributed by atoms with van der Waals surface area (Å²) in [5.74, 6) is -1.19. The van der Waals surface area contributed by atoms with E-state index in [0.717, 1.165) is 12.1 Å². The number of rotatable bonds is 5. The molecule has 0 aromatic heterocycles. The standard InChI is InChI=1S/C16H16ClFN2O/c1-2-19-10-11-5-3-6-12(9-11)20-16(21)15-13(17)7-4-8-14(15)18/h3-9,19H,2,10H2,1H3,(H,20,21). The molecule has 0 atom stereocenters. The van der Waals surface area contributed by atoms with E-state index in [2.05, 4.69) is 10.6 Å². The van der Waals surface area contributed by atoms with Gasteiger partial charge in [0.05, 0.1) is 10.6 Å². The molecule has 0 heterocycles. The Kier molecular flexibility index (Phi) is 5.31. The average Bonchev–Trinajstić information content (AvgIpc) is 2.45. The minimum Gasteiger partial charge on any atom is -0.322 e. The number of carbonyl (C=O) groups excluding carboxylic acids is 1. The van der Waals surface area contributed by atoms with E-state index in [1.165, 1.54) is 18.2 Å². The lowest BCUT2D eigenvalue weighted by atomic mass is 10.1. The second-order valence-electron chi connectivity index (χ2n) is 4.53. The van der Waals surface area contributed by atoms with Gasteiger partial charge in [0, 0.05) is 12.2 Å². The summed E-state index contributed by atoms with van der Waals surface area (Å²) in [6, 6.07) is 11.5. The van der Waals surface area contributed by atoms with Crippen LogP contribution in [0.15, 0.2) is 42.5 Å². The molecule has 0 aliphatic carbocycles. The van der Waals surface area contributed by atoms with Gasteiger partial charge in [-0.25, -0.2) is 4.39 Å². The van der Waals surface area contributed by atoms with E-state index in [1.54, 1.807) is 6.07 Å². The molecular weight excluding hydrogens is 291 g/mol. The molecular formula is C16H16ClFN2O. The number of carbonyl (C=O) groups is 1. The second kappa shape index (κ2) is 7.20. The molecule has 2 N–H and O–H groups in total. The van der Waals surface area contributed by atoms with Crippen LogP contribution in [0.5, 0.6) is 0 Å². The first-order chi connectivity index (χ1) is 10.1. The molecule has 0 unspecified atom stereocenters. The van der Waals surface area contributed by atoms with Gasteiger partial charge in [-0.2, -0.15) is 0 Å². The fraction of sp³-hybridized carbons (Fsp3) is 0.188. The van der Waals surface area contributed by atoms with E-state index in [-0.39, 0.29) is 10.6 Å². The minimum absolute atomic E-state index is 0.0938. The van der Waals surface area contributed by atoms with Crippen LogP contribution < -0.4 is 10.6 Å². The van der Waals surface area contributed by atoms with Crippen LogP contribution in [0.4, 0.5) is 10.1 Å². The van der Waals surface area contributed by atoms with Crippen LogP contribution in [0, 0.1) is 5.82 Å². The van der Waals surface area contributed by atoms with Gasteiger partial charge < -0.3 is 10.6 Å². The van der Waals surface area contributed by atoms with Gasteiger partial charge in [-0.15, -0.1) is 0 Å². The molecule has 5 heteroatoms. The molecule has 2 aromatic carbocycles. The van der Waals surface area contributed by atoms with Crippen LogP contribution in [0.2, 0.25) is 5.02 Å². The molecule has 21 heavy (non-hydrogen) atoms. The first-order valence-electron chi connectivity index (χ1n) is 6.67. The third-order valence-electron chi connectivity index (χ3n) is 2.95. The van der Waals surface area contributed by atoms with E-state index in [0.29, 0.717) is 12.2 Å². The summed E-state index contributed by atoms with van der Waals surface area (Å²) >= 11 is 5.88. The van der Waals surface area contributed by atoms with Crippen LogP contribution >= 0.6 is 11.6 Å². The van der Waals surface area contributed by atoms with Gasteiger partial charge >= 0.3 is 0 Å². The first-order valence-corrected chi connectivity index (χ1v) is 7.04. The zero-order valence-electron chi connectivity index (χ0n) is 11.6. The molecule has 0 saturated heterocycles. The van der Waals surface area contributed by atoms with Crippen molar-refractivity contribution in [3.8, 4) is 0 Å². The highest BCUT2D eigenvalue weighted by atomic mass is 35.5. The van der Waals surface area contributed by atoms with Crippen molar-refractivity contribution in [3.63, 3.8) is 0 Å². The number of halogens is 2. The maximum Gasteiger partial charge on any atom is 0.260 e. The summed E-state index contributed by atoms with van der Waals surface area (Å²) < 4.78 is 13.7. The summed E-state index contributed by atoms with van der Waals surface area (Å²) in [5, 5.41) is 5.96. The van der Waals surface area contributed by atoms with Crippen LogP contribution in [-0.4, -0.2) is 12.5 Å². The maximum absolute atomic E-state index is 13.7. The number of hydrogen-bond donors (Lipinski definition) is 2. The summed E-state index contributed by atoms with van der Waals surface area (Å²) in [4.78, 5) is 12.1. The Bertz CT molecular complexity index is 626. The molecule has 2 aromatic rings. The number of benzene rings is 2. The molecule has 1 amide bonds. The highest BCUT2D eigenvalue weighted by Crippen LogP contribution is 2.21. The molecule has 0 bridgehead atoms. The quantitative estimate of drug-likeness (QED) is 0.881. The highest BCUT2D eigenvalue weighted by molar-refractivity contribution is 6.34. The SMILES string of the molecule is CCNCc1cccc(NC(=O)c2c(F)cccc2Cl)c1. The van der Waals surface area contributed by atoms with E-state index in [4.69, 9.17) is 11.6 Å². The van der Waals surface area contributed by atoms with Gasteiger partial charge in [0.15, 0.2) is 0 Å². The van der Waals surface area contributed by atoms with Crippen LogP contribution in [0.25, 0.3) is 0 Å². The van der Waals surface area contributed by atoms with Gasteiger partial charge in [-0.3, -0.25) is 4.79 Å². The summed E-state index contributed by atoms with van der Waals surface area (Å²) in [6.07, 6.45) is 0.